The van der Waals surface area contributed by atoms with Crippen LogP contribution in [0.4, 0.5) is 51.2 Å². The maximum absolute atomic E-state index is 3.10. The molecule has 96 heavy (non-hydrogen) atoms. The van der Waals surface area contributed by atoms with Crippen LogP contribution in [0.2, 0.25) is 0 Å². The van der Waals surface area contributed by atoms with Crippen molar-refractivity contribution in [3.8, 4) is 22.3 Å². The molecule has 0 spiro atoms. The van der Waals surface area contributed by atoms with Crippen LogP contribution in [0.3, 0.4) is 0 Å². The minimum atomic E-state index is -3.10. The maximum Gasteiger partial charge on any atom is 0.252 e. The molecule has 0 fully saturated rings. The van der Waals surface area contributed by atoms with Crippen LogP contribution in [0.5, 0.6) is 0 Å². The van der Waals surface area contributed by atoms with Gasteiger partial charge in [-0.2, -0.15) is 0 Å². The van der Waals surface area contributed by atoms with Crippen molar-refractivity contribution in [2.75, 3.05) is 14.7 Å². The van der Waals surface area contributed by atoms with E-state index < -0.39 is 16.1 Å². The van der Waals surface area contributed by atoms with E-state index in [9.17, 15) is 0 Å². The van der Waals surface area contributed by atoms with Crippen molar-refractivity contribution >= 4 is 132 Å². The number of hydrogen-bond acceptors (Lipinski definition) is 3. The van der Waals surface area contributed by atoms with E-state index in [1.54, 1.807) is 0 Å². The SMILES string of the molecule is c1ccc(-c2ccc(N3c4ccc(-c5ccccc5)cc4B4c5cc([Si](c6ccccc6)(c6ccccc6)c6ccccc6)ccc5N(c5ccc([Si](c6ccccc6)(c6ccccc6)c6ccccc6)cc5)c5cc(N(c6ccccc6)c6ccccc6)cc3c54)cc2)cc1. The second-order valence-electron chi connectivity index (χ2n) is 25.1. The molecule has 2 heterocycles. The van der Waals surface area contributed by atoms with Crippen LogP contribution in [0.15, 0.2) is 400 Å². The van der Waals surface area contributed by atoms with E-state index in [-0.39, 0.29) is 6.71 Å². The van der Waals surface area contributed by atoms with Gasteiger partial charge in [-0.25, -0.2) is 0 Å². The Morgan fingerprint density at radius 1 is 0.208 bits per heavy atom. The predicted octanol–water partition coefficient (Wildman–Crippen LogP) is 15.3. The number of para-hydroxylation sites is 2. The smallest absolute Gasteiger partial charge is 0.252 e. The van der Waals surface area contributed by atoms with Crippen molar-refractivity contribution in [3.05, 3.63) is 400 Å². The topological polar surface area (TPSA) is 9.72 Å². The summed E-state index contributed by atoms with van der Waals surface area (Å²) >= 11 is 0. The highest BCUT2D eigenvalue weighted by molar-refractivity contribution is 7.20. The molecule has 0 aromatic heterocycles. The molecule has 6 heteroatoms. The summed E-state index contributed by atoms with van der Waals surface area (Å²) in [5.41, 5.74) is 18.3. The van der Waals surface area contributed by atoms with Crippen LogP contribution in [-0.2, 0) is 0 Å². The Labute approximate surface area is 565 Å². The fourth-order valence-corrected chi connectivity index (χ4v) is 25.3. The first-order valence-corrected chi connectivity index (χ1v) is 37.3. The molecule has 0 aliphatic carbocycles. The summed E-state index contributed by atoms with van der Waals surface area (Å²) in [6.45, 7) is -0.224. The first kappa shape index (κ1) is 58.1. The lowest BCUT2D eigenvalue weighted by Gasteiger charge is -2.46. The highest BCUT2D eigenvalue weighted by Crippen LogP contribution is 2.48. The highest BCUT2D eigenvalue weighted by atomic mass is 28.3. The molecule has 0 atom stereocenters. The van der Waals surface area contributed by atoms with Gasteiger partial charge in [0.05, 0.1) is 5.69 Å². The minimum absolute atomic E-state index is 0.224. The predicted molar refractivity (Wildman–Crippen MR) is 413 cm³/mol. The van der Waals surface area contributed by atoms with Crippen LogP contribution < -0.4 is 72.6 Å². The van der Waals surface area contributed by atoms with Crippen molar-refractivity contribution in [1.82, 2.24) is 0 Å². The van der Waals surface area contributed by atoms with E-state index in [1.165, 1.54) is 80.1 Å². The van der Waals surface area contributed by atoms with Gasteiger partial charge in [0.2, 0.25) is 0 Å². The molecular weight excluding hydrogens is 1190 g/mol. The average molecular weight is 1260 g/mol. The van der Waals surface area contributed by atoms with Gasteiger partial charge in [-0.15, -0.1) is 0 Å². The van der Waals surface area contributed by atoms with Crippen molar-refractivity contribution in [3.63, 3.8) is 0 Å². The highest BCUT2D eigenvalue weighted by Gasteiger charge is 2.48. The number of fused-ring (bicyclic) bond motifs is 4. The molecule has 15 aromatic rings. The summed E-state index contributed by atoms with van der Waals surface area (Å²) in [5, 5.41) is 10.7. The molecule has 0 N–H and O–H groups in total. The van der Waals surface area contributed by atoms with Gasteiger partial charge >= 0.3 is 0 Å². The average Bonchev–Trinajstić information content (AvgIpc) is 0.694. The Kier molecular flexibility index (Phi) is 15.1. The third-order valence-electron chi connectivity index (χ3n) is 19.9. The Morgan fingerprint density at radius 2 is 0.490 bits per heavy atom. The Bertz CT molecular complexity index is 4960. The van der Waals surface area contributed by atoms with Crippen molar-refractivity contribution in [1.29, 1.82) is 0 Å². The second kappa shape index (κ2) is 24.9. The molecule has 17 rings (SSSR count). The fraction of sp³-hybridized carbons (Fsp3) is 0. The second-order valence-corrected chi connectivity index (χ2v) is 32.7. The zero-order chi connectivity index (χ0) is 63.8. The van der Waals surface area contributed by atoms with E-state index in [0.717, 1.165) is 51.2 Å². The molecule has 0 unspecified atom stereocenters. The molecule has 0 saturated carbocycles. The summed E-state index contributed by atoms with van der Waals surface area (Å²) in [6.07, 6.45) is 0. The summed E-state index contributed by atoms with van der Waals surface area (Å²) in [6, 6.07) is 150. The third kappa shape index (κ3) is 9.88. The molecule has 0 radical (unpaired) electrons. The number of nitrogens with zero attached hydrogens (tertiary/aromatic N) is 3. The Morgan fingerprint density at radius 3 is 0.885 bits per heavy atom. The van der Waals surface area contributed by atoms with Crippen LogP contribution in [0, 0.1) is 0 Å². The van der Waals surface area contributed by atoms with Gasteiger partial charge in [0.1, 0.15) is 0 Å². The monoisotopic (exact) mass is 1260 g/mol. The molecule has 3 nitrogen and oxygen atoms in total. The summed E-state index contributed by atoms with van der Waals surface area (Å²) in [5.74, 6) is 0. The van der Waals surface area contributed by atoms with Gasteiger partial charge in [0.25, 0.3) is 6.71 Å². The van der Waals surface area contributed by atoms with Gasteiger partial charge in [-0.3, -0.25) is 0 Å². The Hall–Kier alpha value is -11.8. The lowest BCUT2D eigenvalue weighted by molar-refractivity contribution is 1.23. The number of anilines is 9. The Balaban J connectivity index is 0.994. The van der Waals surface area contributed by atoms with Gasteiger partial charge in [0.15, 0.2) is 16.1 Å². The molecule has 2 aliphatic heterocycles. The normalized spacial score (nSPS) is 12.3. The lowest BCUT2D eigenvalue weighted by Crippen LogP contribution is -2.75. The number of benzene rings is 15. The van der Waals surface area contributed by atoms with Crippen LogP contribution in [0.1, 0.15) is 0 Å². The van der Waals surface area contributed by atoms with Gasteiger partial charge < -0.3 is 14.7 Å². The van der Waals surface area contributed by atoms with Gasteiger partial charge in [-0.1, -0.05) is 328 Å². The van der Waals surface area contributed by atoms with Gasteiger partial charge in [0, 0.05) is 45.5 Å². The lowest BCUT2D eigenvalue weighted by atomic mass is 9.33. The first-order chi connectivity index (χ1) is 47.6. The third-order valence-corrected chi connectivity index (χ3v) is 29.5. The van der Waals surface area contributed by atoms with E-state index in [2.05, 4.69) is 415 Å². The van der Waals surface area contributed by atoms with Crippen LogP contribution in [0.25, 0.3) is 22.3 Å². The van der Waals surface area contributed by atoms with Crippen LogP contribution >= 0.6 is 0 Å². The van der Waals surface area contributed by atoms with E-state index in [0.29, 0.717) is 0 Å². The fourth-order valence-electron chi connectivity index (χ4n) is 15.7. The summed E-state index contributed by atoms with van der Waals surface area (Å²) in [7, 11) is -6.03. The molecule has 0 amide bonds. The van der Waals surface area contributed by atoms with Crippen molar-refractivity contribution in [2.45, 2.75) is 0 Å². The van der Waals surface area contributed by atoms with Crippen LogP contribution in [-0.4, -0.2) is 22.9 Å². The number of rotatable bonds is 15. The summed E-state index contributed by atoms with van der Waals surface area (Å²) < 4.78 is 0. The van der Waals surface area contributed by atoms with E-state index in [1.807, 2.05) is 0 Å². The molecule has 0 bridgehead atoms. The zero-order valence-corrected chi connectivity index (χ0v) is 55.0. The molecule has 452 valence electrons. The summed E-state index contributed by atoms with van der Waals surface area (Å²) in [4.78, 5) is 7.63. The zero-order valence-electron chi connectivity index (χ0n) is 53.0. The van der Waals surface area contributed by atoms with Crippen molar-refractivity contribution in [2.24, 2.45) is 0 Å². The van der Waals surface area contributed by atoms with Gasteiger partial charge in [-0.05, 0) is 153 Å². The van der Waals surface area contributed by atoms with Crippen molar-refractivity contribution < 1.29 is 0 Å². The van der Waals surface area contributed by atoms with E-state index >= 15 is 0 Å². The quantitative estimate of drug-likeness (QED) is 0.0748. The standard InChI is InChI=1S/C90H66BN3Si2/c1-11-31-67(32-12-1)69-51-54-73(55-52-69)93-86-61-53-70(68-33-13-2-14-34-68)63-84(86)91-85-66-83(96(79-45-25-8-26-46-79,80-47-27-9-28-48-80)81-49-29-10-30-50-81)60-62-87(85)94(89-65-75(64-88(93)90(89)91)92(71-35-15-3-16-36-71)72-37-17-4-18-38-72)74-56-58-82(59-57-74)95(76-39-19-5-20-40-76,77-41-21-6-22-42-77)78-43-23-7-24-44-78/h1-66H. The molecule has 15 aromatic carbocycles. The maximum atomic E-state index is 2.66. The largest absolute Gasteiger partial charge is 0.311 e. The molecule has 2 aliphatic rings. The van der Waals surface area contributed by atoms with E-state index in [4.69, 9.17) is 0 Å². The number of hydrogen-bond donors (Lipinski definition) is 0. The molecule has 0 saturated heterocycles. The minimum Gasteiger partial charge on any atom is -0.311 e. The molecular formula is C90H66BN3Si2. The first-order valence-electron chi connectivity index (χ1n) is 33.3.